The molecule has 3 N–H and O–H groups in total. The van der Waals surface area contributed by atoms with Gasteiger partial charge in [-0.25, -0.2) is 9.97 Å². The fourth-order valence-electron chi connectivity index (χ4n) is 3.65. The van der Waals surface area contributed by atoms with Crippen molar-refractivity contribution in [3.8, 4) is 11.1 Å². The van der Waals surface area contributed by atoms with Gasteiger partial charge in [0.25, 0.3) is 5.91 Å². The first-order chi connectivity index (χ1) is 14.1. The van der Waals surface area contributed by atoms with Gasteiger partial charge in [0.15, 0.2) is 0 Å². The maximum absolute atomic E-state index is 12.3. The standard InChI is InChI=1S/C23H27N5O/c1-3-9-25-22(29)17-5-4-15(2)20(12-17)16-6-7-21-18(11-16)13-26-23(28-21)27-19-8-10-24-14-19/h4-7,11-13,19,24H,3,8-10,14H2,1-2H3,(H,25,29)(H,26,27,28)/t19-/m1/s1. The number of aryl methyl sites for hydroxylation is 1. The number of rotatable bonds is 6. The number of hydrogen-bond donors (Lipinski definition) is 3. The zero-order valence-electron chi connectivity index (χ0n) is 17.0. The average Bonchev–Trinajstić information content (AvgIpc) is 3.25. The van der Waals surface area contributed by atoms with E-state index in [0.29, 0.717) is 24.1 Å². The lowest BCUT2D eigenvalue weighted by molar-refractivity contribution is 0.0953. The predicted molar refractivity (Wildman–Crippen MR) is 117 cm³/mol. The molecule has 1 aliphatic heterocycles. The first-order valence-corrected chi connectivity index (χ1v) is 10.3. The van der Waals surface area contributed by atoms with Crippen molar-refractivity contribution >= 4 is 22.8 Å². The van der Waals surface area contributed by atoms with Crippen LogP contribution in [0.15, 0.2) is 42.6 Å². The number of aromatic nitrogens is 2. The molecule has 1 saturated heterocycles. The highest BCUT2D eigenvalue weighted by Crippen LogP contribution is 2.28. The highest BCUT2D eigenvalue weighted by atomic mass is 16.1. The second-order valence-corrected chi connectivity index (χ2v) is 7.59. The van der Waals surface area contributed by atoms with Crippen LogP contribution < -0.4 is 16.0 Å². The van der Waals surface area contributed by atoms with E-state index < -0.39 is 0 Å². The second kappa shape index (κ2) is 8.57. The molecular formula is C23H27N5O. The Morgan fingerprint density at radius 1 is 1.24 bits per heavy atom. The summed E-state index contributed by atoms with van der Waals surface area (Å²) in [6.07, 6.45) is 3.87. The summed E-state index contributed by atoms with van der Waals surface area (Å²) in [6, 6.07) is 12.4. The third kappa shape index (κ3) is 4.38. The number of anilines is 1. The van der Waals surface area contributed by atoms with Crippen LogP contribution >= 0.6 is 0 Å². The molecule has 3 aromatic rings. The van der Waals surface area contributed by atoms with Crippen molar-refractivity contribution in [2.24, 2.45) is 0 Å². The minimum absolute atomic E-state index is 0.0330. The van der Waals surface area contributed by atoms with Gasteiger partial charge in [-0.05, 0) is 67.3 Å². The van der Waals surface area contributed by atoms with Crippen LogP contribution in [0.3, 0.4) is 0 Å². The quantitative estimate of drug-likeness (QED) is 0.601. The van der Waals surface area contributed by atoms with Crippen LogP contribution in [0.25, 0.3) is 22.0 Å². The molecule has 1 aromatic heterocycles. The van der Waals surface area contributed by atoms with Crippen molar-refractivity contribution in [1.82, 2.24) is 20.6 Å². The molecule has 29 heavy (non-hydrogen) atoms. The molecule has 1 atom stereocenters. The zero-order valence-corrected chi connectivity index (χ0v) is 17.0. The number of carbonyl (C=O) groups excluding carboxylic acids is 1. The van der Waals surface area contributed by atoms with Gasteiger partial charge in [-0.2, -0.15) is 0 Å². The van der Waals surface area contributed by atoms with Gasteiger partial charge in [-0.3, -0.25) is 4.79 Å². The first-order valence-electron chi connectivity index (χ1n) is 10.3. The Labute approximate surface area is 171 Å². The van der Waals surface area contributed by atoms with Gasteiger partial charge in [0.1, 0.15) is 0 Å². The fraction of sp³-hybridized carbons (Fsp3) is 0.348. The molecule has 0 spiro atoms. The average molecular weight is 390 g/mol. The maximum atomic E-state index is 12.3. The molecule has 0 bridgehead atoms. The number of nitrogens with one attached hydrogen (secondary N) is 3. The molecule has 6 heteroatoms. The van der Waals surface area contributed by atoms with Crippen molar-refractivity contribution in [3.63, 3.8) is 0 Å². The largest absolute Gasteiger partial charge is 0.352 e. The molecule has 0 saturated carbocycles. The molecule has 0 aliphatic carbocycles. The molecule has 6 nitrogen and oxygen atoms in total. The third-order valence-electron chi connectivity index (χ3n) is 5.32. The number of nitrogens with zero attached hydrogens (tertiary/aromatic N) is 2. The Bertz CT molecular complexity index is 1030. The summed E-state index contributed by atoms with van der Waals surface area (Å²) in [4.78, 5) is 21.5. The minimum Gasteiger partial charge on any atom is -0.352 e. The minimum atomic E-state index is -0.0330. The summed E-state index contributed by atoms with van der Waals surface area (Å²) in [7, 11) is 0. The van der Waals surface area contributed by atoms with E-state index in [-0.39, 0.29) is 5.91 Å². The summed E-state index contributed by atoms with van der Waals surface area (Å²) in [5, 5.41) is 10.7. The van der Waals surface area contributed by atoms with Crippen LogP contribution in [-0.2, 0) is 0 Å². The summed E-state index contributed by atoms with van der Waals surface area (Å²) >= 11 is 0. The van der Waals surface area contributed by atoms with Crippen LogP contribution in [0.1, 0.15) is 35.7 Å². The molecule has 1 amide bonds. The molecule has 150 valence electrons. The van der Waals surface area contributed by atoms with Crippen molar-refractivity contribution in [1.29, 1.82) is 0 Å². The van der Waals surface area contributed by atoms with E-state index in [1.807, 2.05) is 37.4 Å². The predicted octanol–water partition coefficient (Wildman–Crippen LogP) is 3.52. The summed E-state index contributed by atoms with van der Waals surface area (Å²) < 4.78 is 0. The SMILES string of the molecule is CCCNC(=O)c1ccc(C)c(-c2ccc3nc(N[C@@H]4CCNC4)ncc3c2)c1. The van der Waals surface area contributed by atoms with E-state index in [1.165, 1.54) is 0 Å². The number of fused-ring (bicyclic) bond motifs is 1. The van der Waals surface area contributed by atoms with Gasteiger partial charge in [-0.1, -0.05) is 19.1 Å². The van der Waals surface area contributed by atoms with Crippen molar-refractivity contribution < 1.29 is 4.79 Å². The number of amides is 1. The lowest BCUT2D eigenvalue weighted by Crippen LogP contribution is -2.23. The molecule has 0 unspecified atom stereocenters. The molecule has 1 fully saturated rings. The van der Waals surface area contributed by atoms with Crippen LogP contribution in [0.2, 0.25) is 0 Å². The summed E-state index contributed by atoms with van der Waals surface area (Å²) in [6.45, 7) is 6.77. The van der Waals surface area contributed by atoms with E-state index in [4.69, 9.17) is 0 Å². The van der Waals surface area contributed by atoms with Gasteiger partial charge < -0.3 is 16.0 Å². The lowest BCUT2D eigenvalue weighted by atomic mass is 9.97. The Morgan fingerprint density at radius 3 is 2.93 bits per heavy atom. The first kappa shape index (κ1) is 19.3. The highest BCUT2D eigenvalue weighted by molar-refractivity contribution is 5.96. The summed E-state index contributed by atoms with van der Waals surface area (Å²) in [5.41, 5.74) is 4.83. The smallest absolute Gasteiger partial charge is 0.251 e. The fourth-order valence-corrected chi connectivity index (χ4v) is 3.65. The van der Waals surface area contributed by atoms with E-state index in [9.17, 15) is 4.79 Å². The second-order valence-electron chi connectivity index (χ2n) is 7.59. The van der Waals surface area contributed by atoms with Gasteiger partial charge in [0.05, 0.1) is 5.52 Å². The summed E-state index contributed by atoms with van der Waals surface area (Å²) in [5.74, 6) is 0.638. The third-order valence-corrected chi connectivity index (χ3v) is 5.32. The monoisotopic (exact) mass is 389 g/mol. The van der Waals surface area contributed by atoms with Crippen molar-refractivity contribution in [2.45, 2.75) is 32.7 Å². The zero-order chi connectivity index (χ0) is 20.2. The number of carbonyl (C=O) groups is 1. The van der Waals surface area contributed by atoms with E-state index >= 15 is 0 Å². The molecule has 2 aromatic carbocycles. The van der Waals surface area contributed by atoms with E-state index in [2.05, 4.69) is 45.0 Å². The maximum Gasteiger partial charge on any atom is 0.251 e. The number of benzene rings is 2. The Balaban J connectivity index is 1.61. The Kier molecular flexibility index (Phi) is 5.71. The van der Waals surface area contributed by atoms with Crippen LogP contribution in [0.4, 0.5) is 5.95 Å². The Hall–Kier alpha value is -2.99. The lowest BCUT2D eigenvalue weighted by Gasteiger charge is -2.12. The Morgan fingerprint density at radius 2 is 2.14 bits per heavy atom. The van der Waals surface area contributed by atoms with Gasteiger partial charge in [0.2, 0.25) is 5.95 Å². The molecule has 2 heterocycles. The van der Waals surface area contributed by atoms with Crippen molar-refractivity contribution in [3.05, 3.63) is 53.7 Å². The van der Waals surface area contributed by atoms with E-state index in [0.717, 1.165) is 53.5 Å². The molecule has 4 rings (SSSR count). The molecule has 0 radical (unpaired) electrons. The molecule has 1 aliphatic rings. The van der Waals surface area contributed by atoms with Crippen LogP contribution in [-0.4, -0.2) is 41.6 Å². The van der Waals surface area contributed by atoms with Crippen molar-refractivity contribution in [2.75, 3.05) is 25.0 Å². The van der Waals surface area contributed by atoms with Crippen LogP contribution in [0.5, 0.6) is 0 Å². The number of hydrogen-bond acceptors (Lipinski definition) is 5. The van der Waals surface area contributed by atoms with Gasteiger partial charge in [-0.15, -0.1) is 0 Å². The van der Waals surface area contributed by atoms with Crippen LogP contribution in [0, 0.1) is 6.92 Å². The van der Waals surface area contributed by atoms with E-state index in [1.54, 1.807) is 0 Å². The van der Waals surface area contributed by atoms with Gasteiger partial charge >= 0.3 is 0 Å². The van der Waals surface area contributed by atoms with Gasteiger partial charge in [0, 0.05) is 36.3 Å². The normalized spacial score (nSPS) is 16.1. The topological polar surface area (TPSA) is 78.9 Å². The molecular weight excluding hydrogens is 362 g/mol. The highest BCUT2D eigenvalue weighted by Gasteiger charge is 2.15.